The van der Waals surface area contributed by atoms with Crippen molar-refractivity contribution in [3.8, 4) is 5.75 Å². The lowest BCUT2D eigenvalue weighted by Gasteiger charge is -2.17. The number of fused-ring (bicyclic) bond motifs is 1. The molecule has 104 valence electrons. The van der Waals surface area contributed by atoms with Crippen molar-refractivity contribution >= 4 is 11.6 Å². The number of amides is 1. The highest BCUT2D eigenvalue weighted by atomic mass is 16.5. The summed E-state index contributed by atoms with van der Waals surface area (Å²) in [6.45, 7) is 9.03. The number of benzene rings is 1. The first kappa shape index (κ1) is 13.9. The van der Waals surface area contributed by atoms with Crippen LogP contribution in [0.1, 0.15) is 39.7 Å². The van der Waals surface area contributed by atoms with E-state index in [1.54, 1.807) is 4.90 Å². The van der Waals surface area contributed by atoms with Gasteiger partial charge in [-0.05, 0) is 49.9 Å². The number of rotatable bonds is 4. The number of carbonyl (C=O) groups excluding carboxylic acids is 1. The molecule has 2 rings (SSSR count). The Hall–Kier alpha value is -1.51. The zero-order chi connectivity index (χ0) is 14.2. The zero-order valence-electron chi connectivity index (χ0n) is 12.5. The van der Waals surface area contributed by atoms with Gasteiger partial charge < -0.3 is 9.64 Å². The second-order valence-corrected chi connectivity index (χ2v) is 6.20. The average molecular weight is 261 g/mol. The van der Waals surface area contributed by atoms with E-state index in [4.69, 9.17) is 4.74 Å². The average Bonchev–Trinajstić information content (AvgIpc) is 2.51. The highest BCUT2D eigenvalue weighted by Crippen LogP contribution is 2.42. The Labute approximate surface area is 115 Å². The first-order valence-corrected chi connectivity index (χ1v) is 6.89. The van der Waals surface area contributed by atoms with Gasteiger partial charge in [0.15, 0.2) is 0 Å². The number of nitrogens with zero attached hydrogens (tertiary/aromatic N) is 1. The molecule has 1 aromatic carbocycles. The number of ether oxygens (including phenoxy) is 1. The van der Waals surface area contributed by atoms with Crippen molar-refractivity contribution in [1.82, 2.24) is 0 Å². The van der Waals surface area contributed by atoms with Crippen molar-refractivity contribution in [2.24, 2.45) is 5.92 Å². The number of hydrogen-bond donors (Lipinski definition) is 0. The van der Waals surface area contributed by atoms with Gasteiger partial charge in [-0.2, -0.15) is 0 Å². The minimum atomic E-state index is -0.457. The van der Waals surface area contributed by atoms with Crippen LogP contribution in [-0.4, -0.2) is 19.6 Å². The summed E-state index contributed by atoms with van der Waals surface area (Å²) >= 11 is 0. The Morgan fingerprint density at radius 1 is 1.32 bits per heavy atom. The standard InChI is InChI=1S/C16H23NO2/c1-11(2)8-9-19-12-6-7-14-13(10-12)16(3,4)15(18)17(14)5/h6-7,10-11H,8-9H2,1-5H3. The summed E-state index contributed by atoms with van der Waals surface area (Å²) in [7, 11) is 1.83. The highest BCUT2D eigenvalue weighted by molar-refractivity contribution is 6.07. The van der Waals surface area contributed by atoms with E-state index < -0.39 is 5.41 Å². The van der Waals surface area contributed by atoms with Crippen LogP contribution < -0.4 is 9.64 Å². The van der Waals surface area contributed by atoms with Crippen LogP contribution in [0.3, 0.4) is 0 Å². The number of carbonyl (C=O) groups is 1. The number of likely N-dealkylation sites (N-methyl/N-ethyl adjacent to an activating group) is 1. The van der Waals surface area contributed by atoms with Crippen molar-refractivity contribution < 1.29 is 9.53 Å². The molecule has 0 unspecified atom stereocenters. The second kappa shape index (κ2) is 4.87. The first-order valence-electron chi connectivity index (χ1n) is 6.89. The molecular formula is C16H23NO2. The van der Waals surface area contributed by atoms with E-state index in [-0.39, 0.29) is 5.91 Å². The maximum atomic E-state index is 12.2. The molecule has 0 N–H and O–H groups in total. The topological polar surface area (TPSA) is 29.5 Å². The van der Waals surface area contributed by atoms with Crippen LogP contribution in [0.2, 0.25) is 0 Å². The van der Waals surface area contributed by atoms with Crippen LogP contribution in [-0.2, 0) is 10.2 Å². The molecule has 0 bridgehead atoms. The van der Waals surface area contributed by atoms with Gasteiger partial charge in [0, 0.05) is 12.7 Å². The van der Waals surface area contributed by atoms with E-state index in [1.807, 2.05) is 39.1 Å². The van der Waals surface area contributed by atoms with Crippen LogP contribution >= 0.6 is 0 Å². The number of hydrogen-bond acceptors (Lipinski definition) is 2. The van der Waals surface area contributed by atoms with E-state index in [0.29, 0.717) is 5.92 Å². The quantitative estimate of drug-likeness (QED) is 0.831. The molecule has 0 atom stereocenters. The first-order chi connectivity index (χ1) is 8.84. The Kier molecular flexibility index (Phi) is 3.57. The third-order valence-electron chi connectivity index (χ3n) is 3.81. The van der Waals surface area contributed by atoms with Crippen LogP contribution in [0.5, 0.6) is 5.75 Å². The van der Waals surface area contributed by atoms with Gasteiger partial charge >= 0.3 is 0 Å². The summed E-state index contributed by atoms with van der Waals surface area (Å²) in [5.41, 5.74) is 1.59. The van der Waals surface area contributed by atoms with Crippen molar-refractivity contribution in [3.63, 3.8) is 0 Å². The van der Waals surface area contributed by atoms with Crippen molar-refractivity contribution in [1.29, 1.82) is 0 Å². The van der Waals surface area contributed by atoms with E-state index in [9.17, 15) is 4.79 Å². The Morgan fingerprint density at radius 2 is 2.00 bits per heavy atom. The maximum absolute atomic E-state index is 12.2. The van der Waals surface area contributed by atoms with Gasteiger partial charge in [-0.1, -0.05) is 13.8 Å². The molecule has 3 nitrogen and oxygen atoms in total. The van der Waals surface area contributed by atoms with Gasteiger partial charge in [0.25, 0.3) is 0 Å². The molecule has 19 heavy (non-hydrogen) atoms. The van der Waals surface area contributed by atoms with E-state index in [0.717, 1.165) is 30.0 Å². The maximum Gasteiger partial charge on any atom is 0.236 e. The molecule has 1 heterocycles. The SMILES string of the molecule is CC(C)CCOc1ccc2c(c1)C(C)(C)C(=O)N2C. The zero-order valence-corrected chi connectivity index (χ0v) is 12.5. The van der Waals surface area contributed by atoms with E-state index >= 15 is 0 Å². The lowest BCUT2D eigenvalue weighted by atomic mass is 9.86. The Morgan fingerprint density at radius 3 is 2.63 bits per heavy atom. The highest BCUT2D eigenvalue weighted by Gasteiger charge is 2.42. The van der Waals surface area contributed by atoms with Gasteiger partial charge in [-0.15, -0.1) is 0 Å². The third-order valence-corrected chi connectivity index (χ3v) is 3.81. The molecule has 0 fully saturated rings. The molecule has 0 aromatic heterocycles. The van der Waals surface area contributed by atoms with Crippen LogP contribution in [0, 0.1) is 5.92 Å². The molecule has 0 radical (unpaired) electrons. The van der Waals surface area contributed by atoms with Crippen LogP contribution in [0.25, 0.3) is 0 Å². The van der Waals surface area contributed by atoms with Gasteiger partial charge in [0.05, 0.1) is 12.0 Å². The predicted octanol–water partition coefficient (Wildman–Crippen LogP) is 3.37. The molecule has 1 amide bonds. The van der Waals surface area contributed by atoms with Crippen molar-refractivity contribution in [3.05, 3.63) is 23.8 Å². The Bertz CT molecular complexity index is 492. The molecular weight excluding hydrogens is 238 g/mol. The van der Waals surface area contributed by atoms with Gasteiger partial charge in [-0.3, -0.25) is 4.79 Å². The van der Waals surface area contributed by atoms with Gasteiger partial charge in [0.1, 0.15) is 5.75 Å². The minimum absolute atomic E-state index is 0.141. The normalized spacial score (nSPS) is 16.9. The minimum Gasteiger partial charge on any atom is -0.494 e. The van der Waals surface area contributed by atoms with Crippen LogP contribution in [0.15, 0.2) is 18.2 Å². The lowest BCUT2D eigenvalue weighted by Crippen LogP contribution is -2.33. The summed E-state index contributed by atoms with van der Waals surface area (Å²) in [5, 5.41) is 0. The molecule has 1 aliphatic rings. The monoisotopic (exact) mass is 261 g/mol. The van der Waals surface area contributed by atoms with Crippen LogP contribution in [0.4, 0.5) is 5.69 Å². The number of anilines is 1. The van der Waals surface area contributed by atoms with E-state index in [1.165, 1.54) is 0 Å². The van der Waals surface area contributed by atoms with E-state index in [2.05, 4.69) is 13.8 Å². The second-order valence-electron chi connectivity index (χ2n) is 6.20. The van der Waals surface area contributed by atoms with Crippen molar-refractivity contribution in [2.45, 2.75) is 39.5 Å². The Balaban J connectivity index is 2.21. The summed E-state index contributed by atoms with van der Waals surface area (Å²) in [6, 6.07) is 5.94. The van der Waals surface area contributed by atoms with Crippen molar-refractivity contribution in [2.75, 3.05) is 18.6 Å². The largest absolute Gasteiger partial charge is 0.494 e. The molecule has 0 saturated heterocycles. The molecule has 1 aromatic rings. The summed E-state index contributed by atoms with van der Waals surface area (Å²) in [4.78, 5) is 13.9. The van der Waals surface area contributed by atoms with Gasteiger partial charge in [-0.25, -0.2) is 0 Å². The molecule has 3 heteroatoms. The smallest absolute Gasteiger partial charge is 0.236 e. The predicted molar refractivity (Wildman–Crippen MR) is 77.8 cm³/mol. The molecule has 1 aliphatic heterocycles. The molecule has 0 aliphatic carbocycles. The van der Waals surface area contributed by atoms with Gasteiger partial charge in [0.2, 0.25) is 5.91 Å². The summed E-state index contributed by atoms with van der Waals surface area (Å²) in [6.07, 6.45) is 1.04. The fourth-order valence-electron chi connectivity index (χ4n) is 2.45. The molecule has 0 spiro atoms. The summed E-state index contributed by atoms with van der Waals surface area (Å²) < 4.78 is 5.78. The summed E-state index contributed by atoms with van der Waals surface area (Å²) in [5.74, 6) is 1.64. The third kappa shape index (κ3) is 2.46. The molecule has 0 saturated carbocycles. The fourth-order valence-corrected chi connectivity index (χ4v) is 2.45. The fraction of sp³-hybridized carbons (Fsp3) is 0.562. The lowest BCUT2D eigenvalue weighted by molar-refractivity contribution is -0.121.